The summed E-state index contributed by atoms with van der Waals surface area (Å²) in [6, 6.07) is 4.43. The number of rotatable bonds is 19. The molecule has 28 heavy (non-hydrogen) atoms. The Morgan fingerprint density at radius 3 is 1.89 bits per heavy atom. The van der Waals surface area contributed by atoms with Gasteiger partial charge in [-0.2, -0.15) is 0 Å². The van der Waals surface area contributed by atoms with E-state index in [9.17, 15) is 4.39 Å². The molecule has 1 aromatic rings. The van der Waals surface area contributed by atoms with E-state index in [4.69, 9.17) is 0 Å². The van der Waals surface area contributed by atoms with Gasteiger partial charge in [0.1, 0.15) is 6.17 Å². The minimum Gasteiger partial charge on any atom is -0.247 e. The zero-order valence-corrected chi connectivity index (χ0v) is 19.9. The molecule has 0 amide bonds. The molecule has 0 saturated carbocycles. The van der Waals surface area contributed by atoms with Crippen molar-refractivity contribution in [3.63, 3.8) is 0 Å². The van der Waals surface area contributed by atoms with E-state index in [1.54, 1.807) is 0 Å². The maximum absolute atomic E-state index is 14.5. The summed E-state index contributed by atoms with van der Waals surface area (Å²) in [5, 5.41) is 2.18. The largest absolute Gasteiger partial charge is 0.247 e. The van der Waals surface area contributed by atoms with E-state index in [1.807, 2.05) is 11.3 Å². The van der Waals surface area contributed by atoms with Crippen LogP contribution < -0.4 is 0 Å². The molecule has 0 aromatic carbocycles. The highest BCUT2D eigenvalue weighted by Gasteiger charge is 2.23. The third-order valence-electron chi connectivity index (χ3n) is 6.21. The van der Waals surface area contributed by atoms with E-state index in [2.05, 4.69) is 38.3 Å². The second kappa shape index (κ2) is 17.5. The molecule has 0 bridgehead atoms. The molecule has 3 unspecified atom stereocenters. The minimum absolute atomic E-state index is 0.453. The first-order valence-electron chi connectivity index (χ1n) is 12.4. The van der Waals surface area contributed by atoms with E-state index in [0.29, 0.717) is 11.8 Å². The van der Waals surface area contributed by atoms with Crippen LogP contribution in [0.4, 0.5) is 4.39 Å². The summed E-state index contributed by atoms with van der Waals surface area (Å²) in [6.07, 6.45) is 19.2. The van der Waals surface area contributed by atoms with Crippen molar-refractivity contribution < 1.29 is 4.39 Å². The second-order valence-corrected chi connectivity index (χ2v) is 9.88. The maximum Gasteiger partial charge on any atom is 0.100 e. The van der Waals surface area contributed by atoms with Crippen LogP contribution in [-0.2, 0) is 0 Å². The molecule has 2 heteroatoms. The van der Waals surface area contributed by atoms with E-state index in [1.165, 1.54) is 88.3 Å². The zero-order valence-electron chi connectivity index (χ0n) is 19.1. The normalized spacial score (nSPS) is 14.9. The van der Waals surface area contributed by atoms with Crippen molar-refractivity contribution in [3.8, 4) is 0 Å². The molecule has 0 aliphatic heterocycles. The average molecular weight is 411 g/mol. The average Bonchev–Trinajstić information content (AvgIpc) is 3.21. The van der Waals surface area contributed by atoms with Crippen molar-refractivity contribution in [3.05, 3.63) is 22.4 Å². The Morgan fingerprint density at radius 2 is 1.32 bits per heavy atom. The van der Waals surface area contributed by atoms with Gasteiger partial charge >= 0.3 is 0 Å². The molecule has 0 radical (unpaired) electrons. The molecular weight excluding hydrogens is 363 g/mol. The Bertz CT molecular complexity index is 428. The molecule has 0 N–H and O–H groups in total. The summed E-state index contributed by atoms with van der Waals surface area (Å²) >= 11 is 1.87. The van der Waals surface area contributed by atoms with Crippen LogP contribution in [0.15, 0.2) is 17.5 Å². The molecule has 0 fully saturated rings. The van der Waals surface area contributed by atoms with E-state index in [-0.39, 0.29) is 0 Å². The Morgan fingerprint density at radius 1 is 0.786 bits per heavy atom. The van der Waals surface area contributed by atoms with Gasteiger partial charge < -0.3 is 0 Å². The first kappa shape index (κ1) is 25.7. The SMILES string of the molecule is CCCCCCCCCCCC(c1cccs1)C(C)CC(F)CCCCCC. The van der Waals surface area contributed by atoms with Crippen molar-refractivity contribution in [1.29, 1.82) is 0 Å². The summed E-state index contributed by atoms with van der Waals surface area (Å²) in [4.78, 5) is 1.48. The summed E-state index contributed by atoms with van der Waals surface area (Å²) in [5.41, 5.74) is 0. The number of alkyl halides is 1. The molecule has 0 spiro atoms. The van der Waals surface area contributed by atoms with Gasteiger partial charge in [0, 0.05) is 4.88 Å². The first-order chi connectivity index (χ1) is 13.7. The zero-order chi connectivity index (χ0) is 20.5. The Hall–Kier alpha value is -0.370. The number of hydrogen-bond donors (Lipinski definition) is 0. The molecule has 1 rings (SSSR count). The van der Waals surface area contributed by atoms with Crippen LogP contribution >= 0.6 is 11.3 Å². The molecule has 0 aliphatic rings. The lowest BCUT2D eigenvalue weighted by Crippen LogP contribution is -2.15. The van der Waals surface area contributed by atoms with Gasteiger partial charge in [-0.15, -0.1) is 11.3 Å². The molecule has 0 saturated heterocycles. The molecule has 1 aromatic heterocycles. The number of hydrogen-bond acceptors (Lipinski definition) is 1. The lowest BCUT2D eigenvalue weighted by atomic mass is 9.83. The predicted octanol–water partition coefficient (Wildman–Crippen LogP) is 10.1. The Balaban J connectivity index is 2.28. The van der Waals surface area contributed by atoms with Crippen LogP contribution in [0.2, 0.25) is 0 Å². The quantitative estimate of drug-likeness (QED) is 0.199. The van der Waals surface area contributed by atoms with Crippen LogP contribution in [0.5, 0.6) is 0 Å². The van der Waals surface area contributed by atoms with Crippen molar-refractivity contribution in [2.45, 2.75) is 136 Å². The summed E-state index contributed by atoms with van der Waals surface area (Å²) in [5.74, 6) is 1.01. The standard InChI is InChI=1S/C26H47FS/c1-4-6-8-10-11-12-13-14-16-19-25(26-20-17-21-28-26)23(3)22-24(27)18-15-9-7-5-2/h17,20-21,23-25H,4-16,18-19,22H2,1-3H3. The van der Waals surface area contributed by atoms with Crippen molar-refractivity contribution in [2.24, 2.45) is 5.92 Å². The third-order valence-corrected chi connectivity index (χ3v) is 7.22. The van der Waals surface area contributed by atoms with Gasteiger partial charge in [0.05, 0.1) is 0 Å². The van der Waals surface area contributed by atoms with Crippen LogP contribution in [0.25, 0.3) is 0 Å². The van der Waals surface area contributed by atoms with Crippen molar-refractivity contribution in [1.82, 2.24) is 0 Å². The second-order valence-electron chi connectivity index (χ2n) is 8.90. The topological polar surface area (TPSA) is 0 Å². The van der Waals surface area contributed by atoms with Crippen LogP contribution in [0.3, 0.4) is 0 Å². The lowest BCUT2D eigenvalue weighted by molar-refractivity contribution is 0.234. The fourth-order valence-electron chi connectivity index (χ4n) is 4.36. The van der Waals surface area contributed by atoms with Gasteiger partial charge in [-0.05, 0) is 42.5 Å². The summed E-state index contributed by atoms with van der Waals surface area (Å²) in [6.45, 7) is 6.78. The lowest BCUT2D eigenvalue weighted by Gasteiger charge is -2.25. The molecule has 3 atom stereocenters. The minimum atomic E-state index is -0.613. The first-order valence-corrected chi connectivity index (χ1v) is 13.2. The molecule has 0 nitrogen and oxygen atoms in total. The monoisotopic (exact) mass is 410 g/mol. The highest BCUT2D eigenvalue weighted by Crippen LogP contribution is 2.36. The van der Waals surface area contributed by atoms with Gasteiger partial charge in [0.25, 0.3) is 0 Å². The summed E-state index contributed by atoms with van der Waals surface area (Å²) < 4.78 is 14.5. The van der Waals surface area contributed by atoms with Crippen LogP contribution in [0, 0.1) is 5.92 Å². The van der Waals surface area contributed by atoms with Gasteiger partial charge in [-0.1, -0.05) is 110 Å². The number of thiophene rings is 1. The van der Waals surface area contributed by atoms with Gasteiger partial charge in [-0.25, -0.2) is 4.39 Å². The third kappa shape index (κ3) is 12.2. The van der Waals surface area contributed by atoms with Crippen LogP contribution in [0.1, 0.15) is 134 Å². The highest BCUT2D eigenvalue weighted by molar-refractivity contribution is 7.10. The smallest absolute Gasteiger partial charge is 0.100 e. The fourth-order valence-corrected chi connectivity index (χ4v) is 5.36. The van der Waals surface area contributed by atoms with E-state index >= 15 is 0 Å². The van der Waals surface area contributed by atoms with E-state index < -0.39 is 6.17 Å². The number of halogens is 1. The summed E-state index contributed by atoms with van der Waals surface area (Å²) in [7, 11) is 0. The molecule has 0 aliphatic carbocycles. The van der Waals surface area contributed by atoms with E-state index in [0.717, 1.165) is 19.3 Å². The van der Waals surface area contributed by atoms with Gasteiger partial charge in [0.15, 0.2) is 0 Å². The Labute approximate surface area is 179 Å². The molecular formula is C26H47FS. The number of unbranched alkanes of at least 4 members (excludes halogenated alkanes) is 11. The van der Waals surface area contributed by atoms with Crippen molar-refractivity contribution in [2.75, 3.05) is 0 Å². The Kier molecular flexibility index (Phi) is 16.0. The predicted molar refractivity (Wildman–Crippen MR) is 126 cm³/mol. The van der Waals surface area contributed by atoms with Gasteiger partial charge in [0.2, 0.25) is 0 Å². The van der Waals surface area contributed by atoms with Crippen LogP contribution in [-0.4, -0.2) is 6.17 Å². The molecule has 164 valence electrons. The van der Waals surface area contributed by atoms with Gasteiger partial charge in [-0.3, -0.25) is 0 Å². The maximum atomic E-state index is 14.5. The fraction of sp³-hybridized carbons (Fsp3) is 0.846. The molecule has 1 heterocycles. The van der Waals surface area contributed by atoms with Crippen molar-refractivity contribution >= 4 is 11.3 Å². The highest BCUT2D eigenvalue weighted by atomic mass is 32.1.